The van der Waals surface area contributed by atoms with Crippen molar-refractivity contribution in [3.05, 3.63) is 47.2 Å². The zero-order chi connectivity index (χ0) is 14.0. The summed E-state index contributed by atoms with van der Waals surface area (Å²) >= 11 is 0. The Morgan fingerprint density at radius 3 is 2.21 bits per heavy atom. The van der Waals surface area contributed by atoms with Crippen LogP contribution in [0.1, 0.15) is 34.6 Å². The standard InChI is InChI=1S/C14H13NO4/c1-3-19-12(16)8-9(2)15-13(17)10-6-4-5-7-11(10)14(15)18/h4-8H,3H2,1-2H3/b9-8+. The van der Waals surface area contributed by atoms with Gasteiger partial charge in [-0.05, 0) is 26.0 Å². The van der Waals surface area contributed by atoms with E-state index in [1.807, 2.05) is 0 Å². The molecule has 0 atom stereocenters. The average Bonchev–Trinajstić information content (AvgIpc) is 2.63. The number of hydrogen-bond acceptors (Lipinski definition) is 4. The second kappa shape index (κ2) is 5.06. The molecule has 0 fully saturated rings. The van der Waals surface area contributed by atoms with E-state index in [4.69, 9.17) is 4.74 Å². The number of fused-ring (bicyclic) bond motifs is 1. The van der Waals surface area contributed by atoms with Gasteiger partial charge in [0, 0.05) is 11.8 Å². The summed E-state index contributed by atoms with van der Waals surface area (Å²) in [6, 6.07) is 6.57. The molecule has 0 saturated heterocycles. The fourth-order valence-corrected chi connectivity index (χ4v) is 1.93. The van der Waals surface area contributed by atoms with E-state index in [2.05, 4.69) is 0 Å². The SMILES string of the molecule is CCOC(=O)/C=C(\C)N1C(=O)c2ccccc2C1=O. The van der Waals surface area contributed by atoms with Crippen molar-refractivity contribution in [2.75, 3.05) is 6.61 Å². The van der Waals surface area contributed by atoms with E-state index in [-0.39, 0.29) is 12.3 Å². The van der Waals surface area contributed by atoms with Crippen LogP contribution in [-0.4, -0.2) is 29.3 Å². The molecule has 0 radical (unpaired) electrons. The molecule has 0 saturated carbocycles. The van der Waals surface area contributed by atoms with Crippen LogP contribution in [0, 0.1) is 0 Å². The first-order chi connectivity index (χ1) is 9.06. The highest BCUT2D eigenvalue weighted by molar-refractivity contribution is 6.22. The number of imide groups is 1. The van der Waals surface area contributed by atoms with Crippen LogP contribution in [0.15, 0.2) is 36.0 Å². The predicted octanol–water partition coefficient (Wildman–Crippen LogP) is 1.75. The Morgan fingerprint density at radius 2 is 1.74 bits per heavy atom. The second-order valence-electron chi connectivity index (χ2n) is 4.03. The van der Waals surface area contributed by atoms with Gasteiger partial charge in [0.05, 0.1) is 17.7 Å². The normalized spacial score (nSPS) is 14.6. The van der Waals surface area contributed by atoms with E-state index in [0.29, 0.717) is 11.1 Å². The number of carbonyl (C=O) groups is 3. The van der Waals surface area contributed by atoms with Crippen LogP contribution in [0.25, 0.3) is 0 Å². The first-order valence-corrected chi connectivity index (χ1v) is 5.89. The molecule has 2 amide bonds. The molecule has 1 aromatic carbocycles. The van der Waals surface area contributed by atoms with Gasteiger partial charge in [0.1, 0.15) is 0 Å². The van der Waals surface area contributed by atoms with Gasteiger partial charge in [-0.15, -0.1) is 0 Å². The zero-order valence-electron chi connectivity index (χ0n) is 10.7. The Labute approximate surface area is 110 Å². The number of ether oxygens (including phenoxy) is 1. The van der Waals surface area contributed by atoms with Gasteiger partial charge < -0.3 is 4.74 Å². The Kier molecular flexibility index (Phi) is 3.46. The molecule has 0 unspecified atom stereocenters. The van der Waals surface area contributed by atoms with Gasteiger partial charge in [0.2, 0.25) is 0 Å². The summed E-state index contributed by atoms with van der Waals surface area (Å²) in [7, 11) is 0. The number of rotatable bonds is 3. The smallest absolute Gasteiger partial charge is 0.332 e. The number of allylic oxidation sites excluding steroid dienone is 1. The van der Waals surface area contributed by atoms with Crippen molar-refractivity contribution in [1.29, 1.82) is 0 Å². The van der Waals surface area contributed by atoms with Gasteiger partial charge in [-0.2, -0.15) is 0 Å². The molecule has 0 N–H and O–H groups in total. The van der Waals surface area contributed by atoms with Gasteiger partial charge in [-0.1, -0.05) is 12.1 Å². The third-order valence-corrected chi connectivity index (χ3v) is 2.76. The van der Waals surface area contributed by atoms with Crippen LogP contribution in [0.5, 0.6) is 0 Å². The Morgan fingerprint density at radius 1 is 1.21 bits per heavy atom. The Balaban J connectivity index is 2.32. The number of hydrogen-bond donors (Lipinski definition) is 0. The molecular weight excluding hydrogens is 246 g/mol. The van der Waals surface area contributed by atoms with Crippen LogP contribution in [-0.2, 0) is 9.53 Å². The minimum Gasteiger partial charge on any atom is -0.463 e. The lowest BCUT2D eigenvalue weighted by Crippen LogP contribution is -2.28. The fourth-order valence-electron chi connectivity index (χ4n) is 1.93. The minimum atomic E-state index is -0.573. The van der Waals surface area contributed by atoms with Crippen LogP contribution in [0.3, 0.4) is 0 Å². The van der Waals surface area contributed by atoms with Gasteiger partial charge in [-0.3, -0.25) is 9.59 Å². The van der Waals surface area contributed by atoms with E-state index in [1.54, 1.807) is 31.2 Å². The summed E-state index contributed by atoms with van der Waals surface area (Å²) in [6.45, 7) is 3.45. The highest BCUT2D eigenvalue weighted by Gasteiger charge is 2.36. The van der Waals surface area contributed by atoms with Gasteiger partial charge in [0.25, 0.3) is 11.8 Å². The highest BCUT2D eigenvalue weighted by Crippen LogP contribution is 2.25. The van der Waals surface area contributed by atoms with Crippen molar-refractivity contribution in [3.63, 3.8) is 0 Å². The maximum absolute atomic E-state index is 12.1. The third kappa shape index (κ3) is 2.27. The number of amides is 2. The lowest BCUT2D eigenvalue weighted by Gasteiger charge is -2.13. The minimum absolute atomic E-state index is 0.241. The van der Waals surface area contributed by atoms with Crippen LogP contribution < -0.4 is 0 Å². The molecule has 1 aromatic rings. The third-order valence-electron chi connectivity index (χ3n) is 2.76. The molecule has 0 aromatic heterocycles. The maximum atomic E-state index is 12.1. The average molecular weight is 259 g/mol. The molecule has 1 aliphatic rings. The van der Waals surface area contributed by atoms with E-state index in [9.17, 15) is 14.4 Å². The van der Waals surface area contributed by atoms with Crippen molar-refractivity contribution in [3.8, 4) is 0 Å². The Bertz CT molecular complexity index is 554. The topological polar surface area (TPSA) is 63.7 Å². The molecule has 2 rings (SSSR count). The lowest BCUT2D eigenvalue weighted by atomic mass is 10.1. The largest absolute Gasteiger partial charge is 0.463 e. The fraction of sp³-hybridized carbons (Fsp3) is 0.214. The molecule has 0 aliphatic carbocycles. The summed E-state index contributed by atoms with van der Waals surface area (Å²) in [5.41, 5.74) is 0.956. The molecule has 19 heavy (non-hydrogen) atoms. The number of carbonyl (C=O) groups excluding carboxylic acids is 3. The van der Waals surface area contributed by atoms with Gasteiger partial charge >= 0.3 is 5.97 Å². The number of benzene rings is 1. The molecular formula is C14H13NO4. The van der Waals surface area contributed by atoms with E-state index in [1.165, 1.54) is 6.92 Å². The molecule has 5 heteroatoms. The quantitative estimate of drug-likeness (QED) is 0.471. The zero-order valence-corrected chi connectivity index (χ0v) is 10.7. The molecule has 0 bridgehead atoms. The van der Waals surface area contributed by atoms with Crippen molar-refractivity contribution >= 4 is 17.8 Å². The lowest BCUT2D eigenvalue weighted by molar-refractivity contribution is -0.137. The maximum Gasteiger partial charge on any atom is 0.332 e. The molecule has 1 aliphatic heterocycles. The second-order valence-corrected chi connectivity index (χ2v) is 4.03. The summed E-state index contributed by atoms with van der Waals surface area (Å²) in [5.74, 6) is -1.41. The monoisotopic (exact) mass is 259 g/mol. The van der Waals surface area contributed by atoms with E-state index in [0.717, 1.165) is 11.0 Å². The molecule has 5 nitrogen and oxygen atoms in total. The Hall–Kier alpha value is -2.43. The van der Waals surface area contributed by atoms with Crippen molar-refractivity contribution in [1.82, 2.24) is 4.90 Å². The van der Waals surface area contributed by atoms with Gasteiger partial charge in [0.15, 0.2) is 0 Å². The van der Waals surface area contributed by atoms with Crippen molar-refractivity contribution in [2.45, 2.75) is 13.8 Å². The molecule has 1 heterocycles. The number of esters is 1. The summed E-state index contributed by atoms with van der Waals surface area (Å²) in [6.07, 6.45) is 1.14. The van der Waals surface area contributed by atoms with Crippen LogP contribution >= 0.6 is 0 Å². The molecule has 98 valence electrons. The van der Waals surface area contributed by atoms with E-state index < -0.39 is 17.8 Å². The number of nitrogens with zero attached hydrogens (tertiary/aromatic N) is 1. The van der Waals surface area contributed by atoms with Gasteiger partial charge in [-0.25, -0.2) is 9.69 Å². The summed E-state index contributed by atoms with van der Waals surface area (Å²) < 4.78 is 4.76. The van der Waals surface area contributed by atoms with Crippen molar-refractivity contribution in [2.24, 2.45) is 0 Å². The molecule has 0 spiro atoms. The summed E-state index contributed by atoms with van der Waals surface area (Å²) in [5, 5.41) is 0. The van der Waals surface area contributed by atoms with Crippen molar-refractivity contribution < 1.29 is 19.1 Å². The highest BCUT2D eigenvalue weighted by atomic mass is 16.5. The van der Waals surface area contributed by atoms with Crippen LogP contribution in [0.4, 0.5) is 0 Å². The summed E-state index contributed by atoms with van der Waals surface area (Å²) in [4.78, 5) is 36.5. The first-order valence-electron chi connectivity index (χ1n) is 5.89. The first kappa shape index (κ1) is 13.0. The van der Waals surface area contributed by atoms with E-state index >= 15 is 0 Å². The predicted molar refractivity (Wildman–Crippen MR) is 67.3 cm³/mol. The van der Waals surface area contributed by atoms with Crippen LogP contribution in [0.2, 0.25) is 0 Å².